The number of nitrogen functional groups attached to an aromatic ring is 1. The number of nitrogens with two attached hydrogens (primary N) is 1. The number of nitrogens with zero attached hydrogens (tertiary/aromatic N) is 2. The molecule has 1 aliphatic heterocycles. The maximum atomic E-state index is 11.7. The van der Waals surface area contributed by atoms with Crippen LogP contribution >= 0.6 is 23.1 Å². The van der Waals surface area contributed by atoms with Crippen LogP contribution in [0.3, 0.4) is 0 Å². The van der Waals surface area contributed by atoms with Gasteiger partial charge in [0.1, 0.15) is 12.7 Å². The Hall–Kier alpha value is -2.45. The number of carbonyl (C=O) groups is 4. The zero-order valence-electron chi connectivity index (χ0n) is 16.6. The summed E-state index contributed by atoms with van der Waals surface area (Å²) in [7, 11) is 0. The molecule has 0 amide bonds. The van der Waals surface area contributed by atoms with Gasteiger partial charge in [-0.3, -0.25) is 19.2 Å². The lowest BCUT2D eigenvalue weighted by Crippen LogP contribution is -2.61. The maximum absolute atomic E-state index is 11.7. The van der Waals surface area contributed by atoms with E-state index in [1.54, 1.807) is 0 Å². The van der Waals surface area contributed by atoms with Gasteiger partial charge in [0.25, 0.3) is 0 Å². The molecule has 166 valence electrons. The molecule has 5 atom stereocenters. The third-order valence-electron chi connectivity index (χ3n) is 3.59. The van der Waals surface area contributed by atoms with Crippen LogP contribution in [-0.4, -0.2) is 70.5 Å². The second kappa shape index (κ2) is 10.5. The monoisotopic (exact) mass is 463 g/mol. The van der Waals surface area contributed by atoms with E-state index in [1.807, 2.05) is 0 Å². The van der Waals surface area contributed by atoms with Crippen molar-refractivity contribution in [2.75, 3.05) is 12.3 Å². The number of hydrogen-bond donors (Lipinski definition) is 1. The number of hydrogen-bond acceptors (Lipinski definition) is 14. The Balaban J connectivity index is 2.41. The minimum Gasteiger partial charge on any atom is -0.463 e. The molecule has 1 aromatic heterocycles. The fourth-order valence-electron chi connectivity index (χ4n) is 2.65. The number of thioether (sulfide) groups is 1. The fraction of sp³-hybridized carbons (Fsp3) is 0.625. The summed E-state index contributed by atoms with van der Waals surface area (Å²) < 4.78 is 27.3. The lowest BCUT2D eigenvalue weighted by molar-refractivity contribution is -0.237. The van der Waals surface area contributed by atoms with Gasteiger partial charge in [-0.15, -0.1) is 10.2 Å². The quantitative estimate of drug-likeness (QED) is 0.433. The van der Waals surface area contributed by atoms with Crippen molar-refractivity contribution < 1.29 is 42.9 Å². The van der Waals surface area contributed by atoms with Crippen LogP contribution in [0.4, 0.5) is 5.13 Å². The number of ether oxygens (including phenoxy) is 5. The average Bonchev–Trinajstić information content (AvgIpc) is 3.02. The average molecular weight is 463 g/mol. The first-order chi connectivity index (χ1) is 14.1. The van der Waals surface area contributed by atoms with Gasteiger partial charge < -0.3 is 29.4 Å². The first-order valence-electron chi connectivity index (χ1n) is 8.63. The molecule has 0 saturated carbocycles. The van der Waals surface area contributed by atoms with Crippen molar-refractivity contribution in [3.05, 3.63) is 0 Å². The van der Waals surface area contributed by atoms with Gasteiger partial charge >= 0.3 is 23.9 Å². The number of rotatable bonds is 7. The molecule has 0 unspecified atom stereocenters. The summed E-state index contributed by atoms with van der Waals surface area (Å²) >= 11 is 2.09. The highest BCUT2D eigenvalue weighted by Gasteiger charge is 2.52. The Morgan fingerprint density at radius 1 is 0.933 bits per heavy atom. The molecule has 0 bridgehead atoms. The highest BCUT2D eigenvalue weighted by molar-refractivity contribution is 8.01. The van der Waals surface area contributed by atoms with E-state index in [9.17, 15) is 19.2 Å². The van der Waals surface area contributed by atoms with E-state index in [2.05, 4.69) is 10.2 Å². The molecular formula is C16H21N3O9S2. The Kier molecular flexibility index (Phi) is 8.37. The van der Waals surface area contributed by atoms with Crippen LogP contribution < -0.4 is 5.73 Å². The largest absolute Gasteiger partial charge is 0.463 e. The van der Waals surface area contributed by atoms with Crippen molar-refractivity contribution in [3.8, 4) is 0 Å². The van der Waals surface area contributed by atoms with Gasteiger partial charge in [0.15, 0.2) is 28.1 Å². The topological polar surface area (TPSA) is 166 Å². The van der Waals surface area contributed by atoms with E-state index < -0.39 is 53.7 Å². The van der Waals surface area contributed by atoms with Crippen LogP contribution in [-0.2, 0) is 42.9 Å². The van der Waals surface area contributed by atoms with Crippen LogP contribution in [0.5, 0.6) is 0 Å². The second-order valence-corrected chi connectivity index (χ2v) is 8.45. The smallest absolute Gasteiger partial charge is 0.303 e. The maximum Gasteiger partial charge on any atom is 0.303 e. The zero-order valence-corrected chi connectivity index (χ0v) is 18.2. The summed E-state index contributed by atoms with van der Waals surface area (Å²) in [5.74, 6) is -2.67. The van der Waals surface area contributed by atoms with Gasteiger partial charge in [0.05, 0.1) is 0 Å². The minimum absolute atomic E-state index is 0.211. The summed E-state index contributed by atoms with van der Waals surface area (Å²) in [6.07, 6.45) is -4.62. The lowest BCUT2D eigenvalue weighted by atomic mass is 9.99. The van der Waals surface area contributed by atoms with E-state index in [4.69, 9.17) is 29.4 Å². The lowest BCUT2D eigenvalue weighted by Gasteiger charge is -2.43. The predicted octanol–water partition coefficient (Wildman–Crippen LogP) is 0.295. The van der Waals surface area contributed by atoms with Crippen molar-refractivity contribution in [3.63, 3.8) is 0 Å². The molecule has 0 spiro atoms. The van der Waals surface area contributed by atoms with Crippen LogP contribution in [0.2, 0.25) is 0 Å². The summed E-state index contributed by atoms with van der Waals surface area (Å²) in [5, 5.41) is 7.80. The molecule has 1 aliphatic rings. The van der Waals surface area contributed by atoms with Crippen LogP contribution in [0.15, 0.2) is 4.34 Å². The molecule has 1 fully saturated rings. The van der Waals surface area contributed by atoms with Gasteiger partial charge in [-0.05, 0) is 0 Å². The van der Waals surface area contributed by atoms with E-state index in [0.717, 1.165) is 36.9 Å². The number of carbonyl (C=O) groups excluding carboxylic acids is 4. The van der Waals surface area contributed by atoms with Gasteiger partial charge in [-0.1, -0.05) is 23.1 Å². The molecule has 12 nitrogen and oxygen atoms in total. The Morgan fingerprint density at radius 2 is 1.50 bits per heavy atom. The second-order valence-electron chi connectivity index (χ2n) is 6.09. The highest BCUT2D eigenvalue weighted by atomic mass is 32.2. The Labute approximate surface area is 179 Å². The SMILES string of the molecule is CC(=O)OC[C@@H]1O[C@H](Sc2nnc(N)s2)[C@@H](OC(C)=O)[C@H](OC(C)=O)[C@H]1OC(C)=O. The Morgan fingerprint density at radius 3 is 2.00 bits per heavy atom. The fourth-order valence-corrected chi connectivity index (χ4v) is 4.56. The summed E-state index contributed by atoms with van der Waals surface area (Å²) in [4.78, 5) is 46.4. The van der Waals surface area contributed by atoms with Crippen molar-refractivity contribution >= 4 is 52.1 Å². The van der Waals surface area contributed by atoms with E-state index in [0.29, 0.717) is 4.34 Å². The molecule has 0 aliphatic carbocycles. The summed E-state index contributed by atoms with van der Waals surface area (Å²) in [6, 6.07) is 0. The molecule has 1 aromatic rings. The van der Waals surface area contributed by atoms with E-state index in [1.165, 1.54) is 13.8 Å². The van der Waals surface area contributed by atoms with Crippen molar-refractivity contribution in [2.24, 2.45) is 0 Å². The molecule has 14 heteroatoms. The molecule has 30 heavy (non-hydrogen) atoms. The zero-order chi connectivity index (χ0) is 22.4. The van der Waals surface area contributed by atoms with E-state index in [-0.39, 0.29) is 11.7 Å². The molecule has 2 N–H and O–H groups in total. The molecule has 2 rings (SSSR count). The predicted molar refractivity (Wildman–Crippen MR) is 102 cm³/mol. The van der Waals surface area contributed by atoms with Crippen molar-refractivity contribution in [1.29, 1.82) is 0 Å². The molecule has 1 saturated heterocycles. The third kappa shape index (κ3) is 6.81. The minimum atomic E-state index is -1.23. The van der Waals surface area contributed by atoms with E-state index >= 15 is 0 Å². The first kappa shape index (κ1) is 23.8. The molecule has 0 aromatic carbocycles. The molecule has 0 radical (unpaired) electrons. The van der Waals surface area contributed by atoms with Crippen LogP contribution in [0.1, 0.15) is 27.7 Å². The number of aromatic nitrogens is 2. The summed E-state index contributed by atoms with van der Waals surface area (Å²) in [6.45, 7) is 4.37. The van der Waals surface area contributed by atoms with Crippen LogP contribution in [0, 0.1) is 0 Å². The first-order valence-corrected chi connectivity index (χ1v) is 10.3. The van der Waals surface area contributed by atoms with Gasteiger partial charge in [-0.25, -0.2) is 0 Å². The van der Waals surface area contributed by atoms with Gasteiger partial charge in [-0.2, -0.15) is 0 Å². The summed E-state index contributed by atoms with van der Waals surface area (Å²) in [5.41, 5.74) is 4.64. The standard InChI is InChI=1S/C16H21N3O9S2/c1-6(20)24-5-10-11(25-7(2)21)12(26-8(3)22)13(27-9(4)23)14(28-10)29-16-19-18-15(17)30-16/h10-14H,5H2,1-4H3,(H2,17,18)/t10-,11-,12+,13-,14+/m0/s1. The molecule has 2 heterocycles. The Bertz CT molecular complexity index is 803. The molecular weight excluding hydrogens is 442 g/mol. The van der Waals surface area contributed by atoms with Crippen molar-refractivity contribution in [1.82, 2.24) is 10.2 Å². The highest BCUT2D eigenvalue weighted by Crippen LogP contribution is 2.38. The van der Waals surface area contributed by atoms with Crippen LogP contribution in [0.25, 0.3) is 0 Å². The van der Waals surface area contributed by atoms with Gasteiger partial charge in [0.2, 0.25) is 5.13 Å². The normalized spacial score (nSPS) is 25.8. The number of esters is 4. The van der Waals surface area contributed by atoms with Crippen molar-refractivity contribution in [2.45, 2.75) is 61.9 Å². The number of anilines is 1. The van der Waals surface area contributed by atoms with Gasteiger partial charge in [0, 0.05) is 27.7 Å². The third-order valence-corrected chi connectivity index (χ3v) is 5.57.